The molecule has 3 rings (SSSR count). The molecule has 4 atom stereocenters. The van der Waals surface area contributed by atoms with E-state index in [1.54, 1.807) is 0 Å². The van der Waals surface area contributed by atoms with Crippen molar-refractivity contribution in [1.82, 2.24) is 0 Å². The molecule has 2 fully saturated rings. The number of hydrogen-bond acceptors (Lipinski definition) is 2. The second kappa shape index (κ2) is 2.83. The van der Waals surface area contributed by atoms with Gasteiger partial charge in [0.1, 0.15) is 0 Å². The van der Waals surface area contributed by atoms with Crippen LogP contribution < -0.4 is 0 Å². The van der Waals surface area contributed by atoms with Crippen LogP contribution in [-0.4, -0.2) is 18.0 Å². The fourth-order valence-corrected chi connectivity index (χ4v) is 3.18. The molecule has 2 aliphatic carbocycles. The van der Waals surface area contributed by atoms with Crippen molar-refractivity contribution in [3.05, 3.63) is 12.2 Å². The van der Waals surface area contributed by atoms with Gasteiger partial charge in [-0.05, 0) is 44.9 Å². The molecule has 0 aromatic carbocycles. The molecule has 0 amide bonds. The minimum atomic E-state index is -0.350. The number of fused-ring (bicyclic) bond motifs is 2. The van der Waals surface area contributed by atoms with E-state index < -0.39 is 0 Å². The molecule has 0 aromatic rings. The van der Waals surface area contributed by atoms with E-state index in [2.05, 4.69) is 12.2 Å². The zero-order valence-corrected chi connectivity index (χ0v) is 8.90. The Balaban J connectivity index is 1.77. The molecule has 2 nitrogen and oxygen atoms in total. The third kappa shape index (κ3) is 1.32. The first-order valence-electron chi connectivity index (χ1n) is 5.66. The Hall–Kier alpha value is -0.340. The molecule has 2 heteroatoms. The topological polar surface area (TPSA) is 18.5 Å². The molecule has 3 aliphatic rings. The average Bonchev–Trinajstić information content (AvgIpc) is 2.59. The van der Waals surface area contributed by atoms with Crippen molar-refractivity contribution in [2.24, 2.45) is 11.8 Å². The maximum atomic E-state index is 5.91. The minimum absolute atomic E-state index is 0.342. The predicted molar refractivity (Wildman–Crippen MR) is 53.8 cm³/mol. The van der Waals surface area contributed by atoms with Gasteiger partial charge in [0, 0.05) is 0 Å². The quantitative estimate of drug-likeness (QED) is 0.552. The fraction of sp³-hybridized carbons (Fsp3) is 0.833. The van der Waals surface area contributed by atoms with Crippen molar-refractivity contribution in [1.29, 1.82) is 0 Å². The monoisotopic (exact) mass is 194 g/mol. The van der Waals surface area contributed by atoms with Crippen LogP contribution >= 0.6 is 0 Å². The molecule has 1 saturated carbocycles. The molecule has 14 heavy (non-hydrogen) atoms. The summed E-state index contributed by atoms with van der Waals surface area (Å²) >= 11 is 0. The van der Waals surface area contributed by atoms with Crippen molar-refractivity contribution in [2.45, 2.75) is 51.1 Å². The molecular weight excluding hydrogens is 176 g/mol. The van der Waals surface area contributed by atoms with Gasteiger partial charge in [0.15, 0.2) is 5.79 Å². The molecule has 1 saturated heterocycles. The summed E-state index contributed by atoms with van der Waals surface area (Å²) in [5, 5.41) is 0. The molecule has 1 heterocycles. The normalized spacial score (nSPS) is 49.0. The van der Waals surface area contributed by atoms with Gasteiger partial charge in [0.05, 0.1) is 12.2 Å². The van der Waals surface area contributed by atoms with Crippen LogP contribution in [0.1, 0.15) is 33.1 Å². The number of allylic oxidation sites excluding steroid dienone is 2. The fourth-order valence-electron chi connectivity index (χ4n) is 3.18. The summed E-state index contributed by atoms with van der Waals surface area (Å²) in [5.74, 6) is 1.24. The van der Waals surface area contributed by atoms with Crippen molar-refractivity contribution in [3.8, 4) is 0 Å². The van der Waals surface area contributed by atoms with Crippen LogP contribution in [0.2, 0.25) is 0 Å². The van der Waals surface area contributed by atoms with Crippen LogP contribution in [-0.2, 0) is 9.47 Å². The highest BCUT2D eigenvalue weighted by atomic mass is 16.7. The molecule has 0 N–H and O–H groups in total. The average molecular weight is 194 g/mol. The molecule has 0 unspecified atom stereocenters. The van der Waals surface area contributed by atoms with E-state index in [0.717, 1.165) is 18.3 Å². The Morgan fingerprint density at radius 1 is 1.14 bits per heavy atom. The lowest BCUT2D eigenvalue weighted by Crippen LogP contribution is -2.34. The van der Waals surface area contributed by atoms with Gasteiger partial charge in [-0.25, -0.2) is 0 Å². The second-order valence-electron chi connectivity index (χ2n) is 5.27. The molecule has 78 valence electrons. The van der Waals surface area contributed by atoms with Crippen LogP contribution in [0.4, 0.5) is 0 Å². The maximum absolute atomic E-state index is 5.91. The van der Waals surface area contributed by atoms with E-state index in [0.29, 0.717) is 12.2 Å². The molecule has 0 bridgehead atoms. The Kier molecular flexibility index (Phi) is 1.80. The van der Waals surface area contributed by atoms with Crippen molar-refractivity contribution in [3.63, 3.8) is 0 Å². The molecule has 1 aliphatic heterocycles. The lowest BCUT2D eigenvalue weighted by atomic mass is 9.78. The van der Waals surface area contributed by atoms with Crippen molar-refractivity contribution < 1.29 is 9.47 Å². The number of hydrogen-bond donors (Lipinski definition) is 0. The Morgan fingerprint density at radius 2 is 1.86 bits per heavy atom. The maximum Gasteiger partial charge on any atom is 0.163 e. The summed E-state index contributed by atoms with van der Waals surface area (Å²) in [6, 6.07) is 0. The first-order valence-corrected chi connectivity index (χ1v) is 5.66. The largest absolute Gasteiger partial charge is 0.345 e. The van der Waals surface area contributed by atoms with E-state index in [1.165, 1.54) is 12.8 Å². The van der Waals surface area contributed by atoms with Gasteiger partial charge in [-0.15, -0.1) is 0 Å². The minimum Gasteiger partial charge on any atom is -0.345 e. The predicted octanol–water partition coefficient (Wildman–Crippen LogP) is 2.49. The van der Waals surface area contributed by atoms with Crippen LogP contribution in [0.15, 0.2) is 12.2 Å². The third-order valence-electron chi connectivity index (χ3n) is 3.75. The standard InChI is InChI=1S/C12H18O2/c1-12(2)13-10-6-8-4-3-5-9(8)7-11(10)14-12/h3-4,8-11H,5-7H2,1-2H3/t8-,9+,10+,11-/m0/s1. The number of ether oxygens (including phenoxy) is 2. The summed E-state index contributed by atoms with van der Waals surface area (Å²) in [6.45, 7) is 4.05. The summed E-state index contributed by atoms with van der Waals surface area (Å²) in [6.07, 6.45) is 8.98. The summed E-state index contributed by atoms with van der Waals surface area (Å²) in [4.78, 5) is 0. The van der Waals surface area contributed by atoms with E-state index in [4.69, 9.17) is 9.47 Å². The smallest absolute Gasteiger partial charge is 0.163 e. The molecule has 0 aromatic heterocycles. The highest BCUT2D eigenvalue weighted by Crippen LogP contribution is 2.45. The number of rotatable bonds is 0. The van der Waals surface area contributed by atoms with E-state index in [1.807, 2.05) is 13.8 Å². The zero-order valence-electron chi connectivity index (χ0n) is 8.90. The Labute approximate surface area is 85.3 Å². The summed E-state index contributed by atoms with van der Waals surface area (Å²) in [7, 11) is 0. The highest BCUT2D eigenvalue weighted by molar-refractivity contribution is 5.07. The summed E-state index contributed by atoms with van der Waals surface area (Å²) < 4.78 is 11.8. The Bertz CT molecular complexity index is 269. The van der Waals surface area contributed by atoms with Crippen LogP contribution in [0.25, 0.3) is 0 Å². The zero-order chi connectivity index (χ0) is 9.76. The lowest BCUT2D eigenvalue weighted by Gasteiger charge is -2.32. The van der Waals surface area contributed by atoms with Crippen molar-refractivity contribution >= 4 is 0 Å². The Morgan fingerprint density at radius 3 is 2.64 bits per heavy atom. The third-order valence-corrected chi connectivity index (χ3v) is 3.75. The SMILES string of the molecule is CC1(C)O[C@H]2C[C@H]3CC=C[C@H]3C[C@H]2O1. The first-order chi connectivity index (χ1) is 6.64. The molecular formula is C12H18O2. The lowest BCUT2D eigenvalue weighted by molar-refractivity contribution is -0.145. The van der Waals surface area contributed by atoms with Gasteiger partial charge >= 0.3 is 0 Å². The van der Waals surface area contributed by atoms with Gasteiger partial charge < -0.3 is 9.47 Å². The van der Waals surface area contributed by atoms with Gasteiger partial charge in [-0.2, -0.15) is 0 Å². The van der Waals surface area contributed by atoms with Crippen molar-refractivity contribution in [2.75, 3.05) is 0 Å². The van der Waals surface area contributed by atoms with Crippen LogP contribution in [0.3, 0.4) is 0 Å². The highest BCUT2D eigenvalue weighted by Gasteiger charge is 2.47. The van der Waals surface area contributed by atoms with Gasteiger partial charge in [-0.1, -0.05) is 12.2 Å². The van der Waals surface area contributed by atoms with Gasteiger partial charge in [0.2, 0.25) is 0 Å². The van der Waals surface area contributed by atoms with E-state index >= 15 is 0 Å². The van der Waals surface area contributed by atoms with Gasteiger partial charge in [0.25, 0.3) is 0 Å². The summed E-state index contributed by atoms with van der Waals surface area (Å²) in [5.41, 5.74) is 0. The molecule has 0 spiro atoms. The van der Waals surface area contributed by atoms with Gasteiger partial charge in [-0.3, -0.25) is 0 Å². The van der Waals surface area contributed by atoms with E-state index in [-0.39, 0.29) is 5.79 Å². The second-order valence-corrected chi connectivity index (χ2v) is 5.27. The van der Waals surface area contributed by atoms with Crippen LogP contribution in [0.5, 0.6) is 0 Å². The van der Waals surface area contributed by atoms with Crippen LogP contribution in [0, 0.1) is 11.8 Å². The first kappa shape index (κ1) is 8.93. The molecule has 0 radical (unpaired) electrons. The van der Waals surface area contributed by atoms with E-state index in [9.17, 15) is 0 Å².